The topological polar surface area (TPSA) is 89.6 Å². The molecule has 1 atom stereocenters. The number of carbonyl (C=O) groups is 2. The molecule has 0 aromatic carbocycles. The molecular weight excluding hydrogens is 210 g/mol. The SMILES string of the molecule is CC(=O)O.CCOC(=O)CC(N)CC(C)C. The largest absolute Gasteiger partial charge is 0.481 e. The maximum atomic E-state index is 10.9. The lowest BCUT2D eigenvalue weighted by molar-refractivity contribution is -0.143. The first-order valence-electron chi connectivity index (χ1n) is 5.40. The van der Waals surface area contributed by atoms with Crippen molar-refractivity contribution in [3.05, 3.63) is 0 Å². The van der Waals surface area contributed by atoms with Gasteiger partial charge in [0.15, 0.2) is 0 Å². The average molecular weight is 233 g/mol. The predicted octanol–water partition coefficient (Wildman–Crippen LogP) is 1.40. The van der Waals surface area contributed by atoms with Crippen LogP contribution in [-0.2, 0) is 14.3 Å². The number of hydrogen-bond acceptors (Lipinski definition) is 4. The maximum absolute atomic E-state index is 10.9. The van der Waals surface area contributed by atoms with Crippen LogP contribution >= 0.6 is 0 Å². The second-order valence-electron chi connectivity index (χ2n) is 3.92. The Bertz CT molecular complexity index is 200. The molecular formula is C11H23NO4. The van der Waals surface area contributed by atoms with Gasteiger partial charge in [-0.3, -0.25) is 9.59 Å². The van der Waals surface area contributed by atoms with Gasteiger partial charge >= 0.3 is 5.97 Å². The molecule has 0 aliphatic heterocycles. The van der Waals surface area contributed by atoms with Crippen LogP contribution in [0.25, 0.3) is 0 Å². The summed E-state index contributed by atoms with van der Waals surface area (Å²) >= 11 is 0. The van der Waals surface area contributed by atoms with Crippen LogP contribution in [0.5, 0.6) is 0 Å². The molecule has 5 nitrogen and oxygen atoms in total. The molecule has 0 aliphatic carbocycles. The van der Waals surface area contributed by atoms with Crippen molar-refractivity contribution in [1.29, 1.82) is 0 Å². The lowest BCUT2D eigenvalue weighted by Crippen LogP contribution is -2.26. The summed E-state index contributed by atoms with van der Waals surface area (Å²) in [6.45, 7) is 7.50. The predicted molar refractivity (Wildman–Crippen MR) is 62.0 cm³/mol. The zero-order chi connectivity index (χ0) is 13.1. The van der Waals surface area contributed by atoms with Gasteiger partial charge in [0.05, 0.1) is 13.0 Å². The average Bonchev–Trinajstić information content (AvgIpc) is 2.00. The Kier molecular flexibility index (Phi) is 11.3. The van der Waals surface area contributed by atoms with Gasteiger partial charge in [0.25, 0.3) is 5.97 Å². The van der Waals surface area contributed by atoms with Crippen molar-refractivity contribution in [1.82, 2.24) is 0 Å². The Labute approximate surface area is 97.0 Å². The Hall–Kier alpha value is -1.10. The van der Waals surface area contributed by atoms with Gasteiger partial charge in [0, 0.05) is 13.0 Å². The van der Waals surface area contributed by atoms with Crippen LogP contribution < -0.4 is 5.73 Å². The minimum Gasteiger partial charge on any atom is -0.481 e. The number of carbonyl (C=O) groups excluding carboxylic acids is 1. The van der Waals surface area contributed by atoms with Crippen molar-refractivity contribution in [3.8, 4) is 0 Å². The second kappa shape index (κ2) is 10.4. The minimum atomic E-state index is -0.833. The normalized spacial score (nSPS) is 11.4. The van der Waals surface area contributed by atoms with E-state index in [0.717, 1.165) is 13.3 Å². The standard InChI is InChI=1S/C9H19NO2.C2H4O2/c1-4-12-9(11)6-8(10)5-7(2)3;1-2(3)4/h7-8H,4-6,10H2,1-3H3;1H3,(H,3,4). The highest BCUT2D eigenvalue weighted by Gasteiger charge is 2.11. The summed E-state index contributed by atoms with van der Waals surface area (Å²) in [7, 11) is 0. The number of aliphatic carboxylic acids is 1. The third-order valence-electron chi connectivity index (χ3n) is 1.51. The highest BCUT2D eigenvalue weighted by Crippen LogP contribution is 2.06. The van der Waals surface area contributed by atoms with Crippen LogP contribution in [0.2, 0.25) is 0 Å². The van der Waals surface area contributed by atoms with E-state index in [9.17, 15) is 4.79 Å². The van der Waals surface area contributed by atoms with Crippen LogP contribution in [0.1, 0.15) is 40.5 Å². The Morgan fingerprint density at radius 2 is 1.81 bits per heavy atom. The lowest BCUT2D eigenvalue weighted by atomic mass is 10.0. The number of hydrogen-bond donors (Lipinski definition) is 2. The molecule has 3 N–H and O–H groups in total. The molecule has 0 radical (unpaired) electrons. The van der Waals surface area contributed by atoms with Gasteiger partial charge in [0.1, 0.15) is 0 Å². The van der Waals surface area contributed by atoms with Crippen LogP contribution in [0, 0.1) is 5.92 Å². The molecule has 0 rings (SSSR count). The molecule has 96 valence electrons. The Morgan fingerprint density at radius 3 is 2.12 bits per heavy atom. The quantitative estimate of drug-likeness (QED) is 0.701. The molecule has 0 bridgehead atoms. The zero-order valence-electron chi connectivity index (χ0n) is 10.5. The van der Waals surface area contributed by atoms with Crippen molar-refractivity contribution >= 4 is 11.9 Å². The molecule has 0 aromatic heterocycles. The van der Waals surface area contributed by atoms with Gasteiger partial charge in [-0.1, -0.05) is 13.8 Å². The van der Waals surface area contributed by atoms with Crippen molar-refractivity contribution < 1.29 is 19.4 Å². The number of ether oxygens (including phenoxy) is 1. The summed E-state index contributed by atoms with van der Waals surface area (Å²) in [5, 5.41) is 7.42. The highest BCUT2D eigenvalue weighted by molar-refractivity contribution is 5.70. The molecule has 1 unspecified atom stereocenters. The van der Waals surface area contributed by atoms with Crippen molar-refractivity contribution in [3.63, 3.8) is 0 Å². The van der Waals surface area contributed by atoms with Crippen LogP contribution in [0.3, 0.4) is 0 Å². The van der Waals surface area contributed by atoms with E-state index in [4.69, 9.17) is 20.4 Å². The molecule has 5 heteroatoms. The highest BCUT2D eigenvalue weighted by atomic mass is 16.5. The van der Waals surface area contributed by atoms with Crippen molar-refractivity contribution in [2.75, 3.05) is 6.61 Å². The van der Waals surface area contributed by atoms with E-state index in [0.29, 0.717) is 18.9 Å². The van der Waals surface area contributed by atoms with E-state index in [-0.39, 0.29) is 12.0 Å². The zero-order valence-corrected chi connectivity index (χ0v) is 10.5. The fraction of sp³-hybridized carbons (Fsp3) is 0.818. The fourth-order valence-corrected chi connectivity index (χ4v) is 1.12. The molecule has 0 fully saturated rings. The number of rotatable bonds is 5. The van der Waals surface area contributed by atoms with Crippen LogP contribution in [0.4, 0.5) is 0 Å². The van der Waals surface area contributed by atoms with Gasteiger partial charge in [-0.05, 0) is 19.3 Å². The first kappa shape index (κ1) is 17.3. The fourth-order valence-electron chi connectivity index (χ4n) is 1.12. The number of carboxylic acid groups (broad SMARTS) is 1. The first-order valence-corrected chi connectivity index (χ1v) is 5.40. The maximum Gasteiger partial charge on any atom is 0.307 e. The molecule has 0 aromatic rings. The van der Waals surface area contributed by atoms with Crippen molar-refractivity contribution in [2.45, 2.75) is 46.6 Å². The van der Waals surface area contributed by atoms with Gasteiger partial charge in [-0.2, -0.15) is 0 Å². The van der Waals surface area contributed by atoms with E-state index < -0.39 is 5.97 Å². The molecule has 0 aliphatic rings. The van der Waals surface area contributed by atoms with E-state index >= 15 is 0 Å². The monoisotopic (exact) mass is 233 g/mol. The Morgan fingerprint density at radius 1 is 1.38 bits per heavy atom. The summed E-state index contributed by atoms with van der Waals surface area (Å²) in [4.78, 5) is 19.9. The first-order chi connectivity index (χ1) is 7.29. The third kappa shape index (κ3) is 18.6. The summed E-state index contributed by atoms with van der Waals surface area (Å²) in [6.07, 6.45) is 1.21. The van der Waals surface area contributed by atoms with E-state index in [2.05, 4.69) is 13.8 Å². The van der Waals surface area contributed by atoms with Crippen molar-refractivity contribution in [2.24, 2.45) is 11.7 Å². The van der Waals surface area contributed by atoms with Gasteiger partial charge in [-0.25, -0.2) is 0 Å². The van der Waals surface area contributed by atoms with Crippen LogP contribution in [0.15, 0.2) is 0 Å². The molecule has 0 heterocycles. The minimum absolute atomic E-state index is 0.0518. The summed E-state index contributed by atoms with van der Waals surface area (Å²) < 4.78 is 4.78. The number of esters is 1. The summed E-state index contributed by atoms with van der Waals surface area (Å²) in [5.74, 6) is -0.486. The number of carboxylic acids is 1. The number of nitrogens with two attached hydrogens (primary N) is 1. The second-order valence-corrected chi connectivity index (χ2v) is 3.92. The molecule has 0 saturated heterocycles. The smallest absolute Gasteiger partial charge is 0.307 e. The molecule has 0 saturated carbocycles. The molecule has 16 heavy (non-hydrogen) atoms. The van der Waals surface area contributed by atoms with Gasteiger partial charge in [0.2, 0.25) is 0 Å². The molecule has 0 spiro atoms. The Balaban J connectivity index is 0. The van der Waals surface area contributed by atoms with Crippen LogP contribution in [-0.4, -0.2) is 29.7 Å². The lowest BCUT2D eigenvalue weighted by Gasteiger charge is -2.12. The van der Waals surface area contributed by atoms with Gasteiger partial charge in [-0.15, -0.1) is 0 Å². The van der Waals surface area contributed by atoms with E-state index in [1.165, 1.54) is 0 Å². The third-order valence-corrected chi connectivity index (χ3v) is 1.51. The van der Waals surface area contributed by atoms with E-state index in [1.54, 1.807) is 6.92 Å². The molecule has 0 amide bonds. The van der Waals surface area contributed by atoms with E-state index in [1.807, 2.05) is 0 Å². The van der Waals surface area contributed by atoms with Gasteiger partial charge < -0.3 is 15.6 Å². The summed E-state index contributed by atoms with van der Waals surface area (Å²) in [5.41, 5.74) is 5.70. The summed E-state index contributed by atoms with van der Waals surface area (Å²) in [6, 6.07) is -0.0518.